The Kier molecular flexibility index (Phi) is 3.08. The number of H-pyrrole nitrogens is 1. The van der Waals surface area contributed by atoms with Crippen molar-refractivity contribution in [2.24, 2.45) is 0 Å². The molecule has 3 aromatic rings. The fourth-order valence-electron chi connectivity index (χ4n) is 1.78. The van der Waals surface area contributed by atoms with E-state index < -0.39 is 0 Å². The number of imidazole rings is 1. The number of para-hydroxylation sites is 2. The van der Waals surface area contributed by atoms with Gasteiger partial charge in [0.25, 0.3) is 0 Å². The number of benzene rings is 1. The van der Waals surface area contributed by atoms with Gasteiger partial charge in [-0.2, -0.15) is 5.26 Å². The molecule has 0 aliphatic heterocycles. The topological polar surface area (TPSA) is 52.5 Å². The molecule has 1 N–H and O–H groups in total. The van der Waals surface area contributed by atoms with Crippen molar-refractivity contribution in [2.45, 2.75) is 0 Å². The largest absolute Gasteiger partial charge is 0.337 e. The number of nitrogens with zero attached hydrogens (tertiary/aromatic N) is 2. The molecule has 0 bridgehead atoms. The number of hydrogen-bond acceptors (Lipinski definition) is 3. The van der Waals surface area contributed by atoms with Gasteiger partial charge in [-0.05, 0) is 30.3 Å². The van der Waals surface area contributed by atoms with Crippen LogP contribution in [0.5, 0.6) is 0 Å². The first-order chi connectivity index (χ1) is 9.26. The molecule has 3 nitrogen and oxygen atoms in total. The van der Waals surface area contributed by atoms with Crippen LogP contribution < -0.4 is 0 Å². The van der Waals surface area contributed by atoms with Gasteiger partial charge < -0.3 is 4.98 Å². The fraction of sp³-hybridized carbons (Fsp3) is 0. The quantitative estimate of drug-likeness (QED) is 0.712. The van der Waals surface area contributed by atoms with Crippen molar-refractivity contribution < 1.29 is 0 Å². The lowest BCUT2D eigenvalue weighted by atomic mass is 10.2. The summed E-state index contributed by atoms with van der Waals surface area (Å²) < 4.78 is 0.702. The van der Waals surface area contributed by atoms with Gasteiger partial charge in [0.05, 0.1) is 20.9 Å². The number of hydrogen-bond donors (Lipinski definition) is 1. The van der Waals surface area contributed by atoms with E-state index in [4.69, 9.17) is 11.6 Å². The summed E-state index contributed by atoms with van der Waals surface area (Å²) in [7, 11) is 0. The van der Waals surface area contributed by atoms with Crippen LogP contribution >= 0.6 is 22.9 Å². The minimum Gasteiger partial charge on any atom is -0.337 e. The highest BCUT2D eigenvalue weighted by Crippen LogP contribution is 2.26. The number of nitriles is 1. The molecule has 0 fully saturated rings. The van der Waals surface area contributed by atoms with Crippen LogP contribution in [-0.4, -0.2) is 9.97 Å². The highest BCUT2D eigenvalue weighted by Gasteiger charge is 2.08. The van der Waals surface area contributed by atoms with E-state index in [2.05, 4.69) is 16.0 Å². The Morgan fingerprint density at radius 3 is 2.84 bits per heavy atom. The zero-order valence-corrected chi connectivity index (χ0v) is 11.3. The second-order valence-electron chi connectivity index (χ2n) is 3.91. The van der Waals surface area contributed by atoms with Crippen molar-refractivity contribution in [3.05, 3.63) is 51.4 Å². The Labute approximate surface area is 118 Å². The van der Waals surface area contributed by atoms with Gasteiger partial charge in [-0.25, -0.2) is 4.98 Å². The smallest absolute Gasteiger partial charge is 0.149 e. The number of fused-ring (bicyclic) bond motifs is 1. The summed E-state index contributed by atoms with van der Waals surface area (Å²) in [5, 5.41) is 9.27. The molecule has 0 saturated heterocycles. The Balaban J connectivity index is 2.07. The zero-order chi connectivity index (χ0) is 13.2. The molecule has 3 rings (SSSR count). The molecule has 0 atom stereocenters. The second kappa shape index (κ2) is 4.88. The highest BCUT2D eigenvalue weighted by molar-refractivity contribution is 7.17. The van der Waals surface area contributed by atoms with E-state index in [-0.39, 0.29) is 0 Å². The summed E-state index contributed by atoms with van der Waals surface area (Å²) in [6.07, 6.45) is 1.79. The first-order valence-electron chi connectivity index (χ1n) is 5.58. The fourth-order valence-corrected chi connectivity index (χ4v) is 2.79. The number of nitrogens with one attached hydrogen (secondary N) is 1. The van der Waals surface area contributed by atoms with E-state index >= 15 is 0 Å². The molecule has 19 heavy (non-hydrogen) atoms. The first-order valence-corrected chi connectivity index (χ1v) is 6.78. The standard InChI is InChI=1S/C14H8ClN3S/c15-13-6-5-10(19-13)7-9(8-16)14-17-11-3-1-2-4-12(11)18-14/h1-7H,(H,17,18)/b9-7-. The van der Waals surface area contributed by atoms with Crippen molar-refractivity contribution in [1.29, 1.82) is 5.26 Å². The molecule has 5 heteroatoms. The summed E-state index contributed by atoms with van der Waals surface area (Å²) in [4.78, 5) is 8.49. The van der Waals surface area contributed by atoms with Crippen molar-refractivity contribution in [3.8, 4) is 6.07 Å². The molecule has 2 aromatic heterocycles. The third-order valence-electron chi connectivity index (χ3n) is 2.65. The van der Waals surface area contributed by atoms with Gasteiger partial charge in [0, 0.05) is 4.88 Å². The average Bonchev–Trinajstić information content (AvgIpc) is 3.01. The third kappa shape index (κ3) is 2.39. The van der Waals surface area contributed by atoms with E-state index in [9.17, 15) is 5.26 Å². The maximum absolute atomic E-state index is 9.27. The van der Waals surface area contributed by atoms with Crippen LogP contribution in [0.2, 0.25) is 4.34 Å². The van der Waals surface area contributed by atoms with Crippen LogP contribution in [0.3, 0.4) is 0 Å². The SMILES string of the molecule is N#C/C(=C/c1ccc(Cl)s1)c1nc2ccccc2[nH]1. The van der Waals surface area contributed by atoms with E-state index in [1.807, 2.05) is 36.4 Å². The molecule has 0 radical (unpaired) electrons. The predicted octanol–water partition coefficient (Wildman–Crippen LogP) is 4.34. The van der Waals surface area contributed by atoms with Crippen LogP contribution in [0.25, 0.3) is 22.7 Å². The molecule has 0 aliphatic carbocycles. The second-order valence-corrected chi connectivity index (χ2v) is 5.66. The molecule has 0 saturated carbocycles. The van der Waals surface area contributed by atoms with E-state index in [1.54, 1.807) is 6.08 Å². The summed E-state index contributed by atoms with van der Waals surface area (Å²) in [6, 6.07) is 13.6. The molecule has 1 aromatic carbocycles. The lowest BCUT2D eigenvalue weighted by Crippen LogP contribution is -1.83. The minimum absolute atomic E-state index is 0.495. The van der Waals surface area contributed by atoms with E-state index in [0.717, 1.165) is 15.9 Å². The van der Waals surface area contributed by atoms with Gasteiger partial charge in [-0.3, -0.25) is 0 Å². The van der Waals surface area contributed by atoms with Gasteiger partial charge in [0.2, 0.25) is 0 Å². The summed E-state index contributed by atoms with van der Waals surface area (Å²) in [5.41, 5.74) is 2.26. The average molecular weight is 286 g/mol. The molecular weight excluding hydrogens is 278 g/mol. The molecular formula is C14H8ClN3S. The summed E-state index contributed by atoms with van der Waals surface area (Å²) >= 11 is 7.31. The molecule has 0 amide bonds. The van der Waals surface area contributed by atoms with Gasteiger partial charge >= 0.3 is 0 Å². The Bertz CT molecular complexity index is 774. The molecule has 0 aliphatic rings. The Morgan fingerprint density at radius 2 is 2.16 bits per heavy atom. The summed E-state index contributed by atoms with van der Waals surface area (Å²) in [6.45, 7) is 0. The number of aromatic nitrogens is 2. The van der Waals surface area contributed by atoms with Crippen LogP contribution in [0.4, 0.5) is 0 Å². The first kappa shape index (κ1) is 12.0. The number of rotatable bonds is 2. The normalized spacial score (nSPS) is 11.7. The number of halogens is 1. The van der Waals surface area contributed by atoms with Crippen LogP contribution in [-0.2, 0) is 0 Å². The van der Waals surface area contributed by atoms with E-state index in [0.29, 0.717) is 15.7 Å². The van der Waals surface area contributed by atoms with E-state index in [1.165, 1.54) is 11.3 Å². The highest BCUT2D eigenvalue weighted by atomic mass is 35.5. The molecule has 2 heterocycles. The molecule has 0 unspecified atom stereocenters. The van der Waals surface area contributed by atoms with Crippen LogP contribution in [0.1, 0.15) is 10.7 Å². The minimum atomic E-state index is 0.495. The number of allylic oxidation sites excluding steroid dienone is 1. The number of aromatic amines is 1. The predicted molar refractivity (Wildman–Crippen MR) is 78.9 cm³/mol. The molecule has 0 spiro atoms. The van der Waals surface area contributed by atoms with Crippen molar-refractivity contribution >= 4 is 45.6 Å². The third-order valence-corrected chi connectivity index (χ3v) is 3.82. The summed E-state index contributed by atoms with van der Waals surface area (Å²) in [5.74, 6) is 0.577. The van der Waals surface area contributed by atoms with Crippen molar-refractivity contribution in [2.75, 3.05) is 0 Å². The van der Waals surface area contributed by atoms with Gasteiger partial charge in [0.1, 0.15) is 11.9 Å². The monoisotopic (exact) mass is 285 g/mol. The maximum Gasteiger partial charge on any atom is 0.149 e. The van der Waals surface area contributed by atoms with Crippen LogP contribution in [0, 0.1) is 11.3 Å². The van der Waals surface area contributed by atoms with Crippen molar-refractivity contribution in [3.63, 3.8) is 0 Å². The lowest BCUT2D eigenvalue weighted by Gasteiger charge is -1.91. The van der Waals surface area contributed by atoms with Crippen molar-refractivity contribution in [1.82, 2.24) is 9.97 Å². The van der Waals surface area contributed by atoms with Gasteiger partial charge in [-0.15, -0.1) is 11.3 Å². The zero-order valence-electron chi connectivity index (χ0n) is 9.72. The maximum atomic E-state index is 9.27. The van der Waals surface area contributed by atoms with Gasteiger partial charge in [0.15, 0.2) is 0 Å². The van der Waals surface area contributed by atoms with Gasteiger partial charge in [-0.1, -0.05) is 23.7 Å². The lowest BCUT2D eigenvalue weighted by molar-refractivity contribution is 1.27. The number of thiophene rings is 1. The Hall–Kier alpha value is -2.09. The molecule has 92 valence electrons. The van der Waals surface area contributed by atoms with Crippen LogP contribution in [0.15, 0.2) is 36.4 Å². The Morgan fingerprint density at radius 1 is 1.32 bits per heavy atom.